The van der Waals surface area contributed by atoms with Gasteiger partial charge in [-0.15, -0.1) is 0 Å². The number of rotatable bonds is 3. The highest BCUT2D eigenvalue weighted by Crippen LogP contribution is 2.26. The van der Waals surface area contributed by atoms with E-state index in [0.29, 0.717) is 0 Å². The zero-order chi connectivity index (χ0) is 17.4. The Morgan fingerprint density at radius 3 is 2.92 bits per heavy atom. The van der Waals surface area contributed by atoms with E-state index in [1.165, 1.54) is 17.2 Å². The van der Waals surface area contributed by atoms with Gasteiger partial charge in [-0.05, 0) is 43.7 Å². The van der Waals surface area contributed by atoms with Crippen LogP contribution in [0.3, 0.4) is 0 Å². The van der Waals surface area contributed by atoms with E-state index in [9.17, 15) is 9.59 Å². The molecular formula is C19H20N4O2. The number of hydrogen-bond donors (Lipinski definition) is 2. The van der Waals surface area contributed by atoms with Crippen LogP contribution in [0.5, 0.6) is 0 Å². The Kier molecular flexibility index (Phi) is 3.97. The summed E-state index contributed by atoms with van der Waals surface area (Å²) in [5.41, 5.74) is 3.36. The van der Waals surface area contributed by atoms with E-state index >= 15 is 0 Å². The number of pyridine rings is 1. The monoisotopic (exact) mass is 336 g/mol. The van der Waals surface area contributed by atoms with Crippen molar-refractivity contribution in [2.75, 3.05) is 13.1 Å². The Morgan fingerprint density at radius 1 is 1.20 bits per heavy atom. The first-order valence-electron chi connectivity index (χ1n) is 8.48. The molecule has 1 aromatic carbocycles. The minimum Gasteiger partial charge on any atom is -0.311 e. The van der Waals surface area contributed by atoms with Gasteiger partial charge in [-0.25, -0.2) is 4.79 Å². The molecule has 25 heavy (non-hydrogen) atoms. The fraction of sp³-hybridized carbons (Fsp3) is 0.316. The molecular weight excluding hydrogens is 316 g/mol. The lowest BCUT2D eigenvalue weighted by atomic mass is 10.1. The zero-order valence-corrected chi connectivity index (χ0v) is 14.1. The summed E-state index contributed by atoms with van der Waals surface area (Å²) < 4.78 is 0. The van der Waals surface area contributed by atoms with Crippen molar-refractivity contribution in [2.45, 2.75) is 25.8 Å². The van der Waals surface area contributed by atoms with Crippen LogP contribution in [0.4, 0.5) is 0 Å². The van der Waals surface area contributed by atoms with Crippen LogP contribution in [-0.4, -0.2) is 32.9 Å². The van der Waals surface area contributed by atoms with Crippen molar-refractivity contribution in [3.63, 3.8) is 0 Å². The number of H-pyrrole nitrogens is 2. The molecule has 3 aromatic rings. The van der Waals surface area contributed by atoms with Crippen molar-refractivity contribution >= 4 is 10.9 Å². The van der Waals surface area contributed by atoms with Crippen molar-refractivity contribution < 1.29 is 0 Å². The van der Waals surface area contributed by atoms with Gasteiger partial charge in [0.1, 0.15) is 0 Å². The molecule has 2 N–H and O–H groups in total. The highest BCUT2D eigenvalue weighted by Gasteiger charge is 2.25. The van der Waals surface area contributed by atoms with E-state index in [4.69, 9.17) is 0 Å². The number of hydrogen-bond acceptors (Lipinski definition) is 4. The van der Waals surface area contributed by atoms with Crippen molar-refractivity contribution in [1.82, 2.24) is 19.9 Å². The van der Waals surface area contributed by atoms with Gasteiger partial charge in [0.05, 0.1) is 5.52 Å². The molecule has 1 aliphatic rings. The van der Waals surface area contributed by atoms with Crippen LogP contribution in [0.25, 0.3) is 10.9 Å². The summed E-state index contributed by atoms with van der Waals surface area (Å²) in [6.45, 7) is 4.66. The predicted molar refractivity (Wildman–Crippen MR) is 96.8 cm³/mol. The lowest BCUT2D eigenvalue weighted by Crippen LogP contribution is -2.25. The SMILES string of the molecule is Cc1ccc2ncc(CN3CCC(c4cc(=O)[nH]c(=O)[nH]4)C3)cc2c1. The number of aryl methyl sites for hydroxylation is 1. The topological polar surface area (TPSA) is 81.8 Å². The first-order valence-corrected chi connectivity index (χ1v) is 8.48. The Hall–Kier alpha value is -2.73. The van der Waals surface area contributed by atoms with Gasteiger partial charge in [-0.2, -0.15) is 0 Å². The number of aromatic amines is 2. The normalized spacial score (nSPS) is 18.0. The summed E-state index contributed by atoms with van der Waals surface area (Å²) in [6, 6.07) is 9.96. The van der Waals surface area contributed by atoms with Crippen LogP contribution in [0.2, 0.25) is 0 Å². The number of nitrogens with zero attached hydrogens (tertiary/aromatic N) is 2. The number of likely N-dealkylation sites (tertiary alicyclic amines) is 1. The second kappa shape index (κ2) is 6.29. The van der Waals surface area contributed by atoms with Gasteiger partial charge in [0.25, 0.3) is 5.56 Å². The predicted octanol–water partition coefficient (Wildman–Crippen LogP) is 1.91. The molecule has 0 spiro atoms. The summed E-state index contributed by atoms with van der Waals surface area (Å²) in [4.78, 5) is 34.8. The van der Waals surface area contributed by atoms with E-state index < -0.39 is 5.69 Å². The third-order valence-electron chi connectivity index (χ3n) is 4.79. The van der Waals surface area contributed by atoms with Gasteiger partial charge < -0.3 is 4.98 Å². The largest absolute Gasteiger partial charge is 0.325 e. The summed E-state index contributed by atoms with van der Waals surface area (Å²) in [7, 11) is 0. The van der Waals surface area contributed by atoms with Crippen LogP contribution in [0, 0.1) is 6.92 Å². The Labute approximate surface area is 144 Å². The fourth-order valence-electron chi connectivity index (χ4n) is 3.58. The van der Waals surface area contributed by atoms with E-state index in [1.54, 1.807) is 0 Å². The number of nitrogens with one attached hydrogen (secondary N) is 2. The summed E-state index contributed by atoms with van der Waals surface area (Å²) in [5.74, 6) is 0.186. The molecule has 1 saturated heterocycles. The van der Waals surface area contributed by atoms with Gasteiger partial charge in [0.15, 0.2) is 0 Å². The molecule has 6 nitrogen and oxygen atoms in total. The Balaban J connectivity index is 1.51. The number of fused-ring (bicyclic) bond motifs is 1. The van der Waals surface area contributed by atoms with Crippen LogP contribution in [-0.2, 0) is 6.54 Å². The molecule has 0 radical (unpaired) electrons. The van der Waals surface area contributed by atoms with Crippen molar-refractivity contribution in [1.29, 1.82) is 0 Å². The molecule has 1 unspecified atom stereocenters. The molecule has 0 bridgehead atoms. The van der Waals surface area contributed by atoms with E-state index in [1.807, 2.05) is 12.3 Å². The van der Waals surface area contributed by atoms with E-state index in [0.717, 1.165) is 42.7 Å². The summed E-state index contributed by atoms with van der Waals surface area (Å²) >= 11 is 0. The first kappa shape index (κ1) is 15.8. The van der Waals surface area contributed by atoms with E-state index in [-0.39, 0.29) is 11.5 Å². The molecule has 0 aliphatic carbocycles. The Morgan fingerprint density at radius 2 is 2.08 bits per heavy atom. The van der Waals surface area contributed by atoms with Gasteiger partial charge in [0.2, 0.25) is 0 Å². The second-order valence-corrected chi connectivity index (χ2v) is 6.80. The van der Waals surface area contributed by atoms with Crippen LogP contribution in [0.1, 0.15) is 29.2 Å². The lowest BCUT2D eigenvalue weighted by molar-refractivity contribution is 0.326. The molecule has 6 heteroatoms. The maximum absolute atomic E-state index is 11.5. The van der Waals surface area contributed by atoms with Gasteiger partial charge >= 0.3 is 5.69 Å². The quantitative estimate of drug-likeness (QED) is 0.765. The van der Waals surface area contributed by atoms with Gasteiger partial charge in [0, 0.05) is 42.4 Å². The first-order chi connectivity index (χ1) is 12.1. The van der Waals surface area contributed by atoms with Crippen molar-refractivity contribution in [3.05, 3.63) is 74.2 Å². The molecule has 0 saturated carbocycles. The highest BCUT2D eigenvalue weighted by atomic mass is 16.2. The standard InChI is InChI=1S/C19H20N4O2/c1-12-2-3-16-15(6-12)7-13(9-20-16)10-23-5-4-14(11-23)17-8-18(24)22-19(25)21-17/h2-3,6-9,14H,4-5,10-11H2,1H3,(H2,21,22,24,25). The molecule has 1 aliphatic heterocycles. The van der Waals surface area contributed by atoms with Crippen molar-refractivity contribution in [3.8, 4) is 0 Å². The molecule has 4 rings (SSSR count). The van der Waals surface area contributed by atoms with Gasteiger partial charge in [-0.1, -0.05) is 11.6 Å². The number of benzene rings is 1. The number of aromatic nitrogens is 3. The molecule has 1 fully saturated rings. The molecule has 0 amide bonds. The van der Waals surface area contributed by atoms with E-state index in [2.05, 4.69) is 45.0 Å². The van der Waals surface area contributed by atoms with Gasteiger partial charge in [-0.3, -0.25) is 19.7 Å². The average molecular weight is 336 g/mol. The van der Waals surface area contributed by atoms with Crippen LogP contribution < -0.4 is 11.2 Å². The fourth-order valence-corrected chi connectivity index (χ4v) is 3.58. The molecule has 128 valence electrons. The average Bonchev–Trinajstić information content (AvgIpc) is 3.02. The second-order valence-electron chi connectivity index (χ2n) is 6.80. The summed E-state index contributed by atoms with van der Waals surface area (Å²) in [5, 5.41) is 1.16. The molecule has 3 heterocycles. The van der Waals surface area contributed by atoms with Crippen LogP contribution in [0.15, 0.2) is 46.1 Å². The highest BCUT2D eigenvalue weighted by molar-refractivity contribution is 5.79. The minimum atomic E-state index is -0.435. The Bertz CT molecular complexity index is 1010. The zero-order valence-electron chi connectivity index (χ0n) is 14.1. The third-order valence-corrected chi connectivity index (χ3v) is 4.79. The lowest BCUT2D eigenvalue weighted by Gasteiger charge is -2.16. The smallest absolute Gasteiger partial charge is 0.311 e. The maximum atomic E-state index is 11.5. The molecule has 2 aromatic heterocycles. The maximum Gasteiger partial charge on any atom is 0.325 e. The van der Waals surface area contributed by atoms with Crippen LogP contribution >= 0.6 is 0 Å². The molecule has 1 atom stereocenters. The van der Waals surface area contributed by atoms with Crippen molar-refractivity contribution in [2.24, 2.45) is 0 Å². The summed E-state index contributed by atoms with van der Waals surface area (Å²) in [6.07, 6.45) is 2.86. The minimum absolute atomic E-state index is 0.186. The third kappa shape index (κ3) is 3.39.